The molecule has 0 saturated heterocycles. The molecule has 4 rings (SSSR count). The highest BCUT2D eigenvalue weighted by Crippen LogP contribution is 2.59. The average Bonchev–Trinajstić information content (AvgIpc) is 2.63. The summed E-state index contributed by atoms with van der Waals surface area (Å²) in [7, 11) is 0. The van der Waals surface area contributed by atoms with Crippen LogP contribution in [-0.4, -0.2) is 11.2 Å². The van der Waals surface area contributed by atoms with Crippen molar-refractivity contribution in [3.63, 3.8) is 0 Å². The van der Waals surface area contributed by atoms with Crippen LogP contribution in [0.2, 0.25) is 0 Å². The number of hydrogen-bond acceptors (Lipinski definition) is 2. The van der Waals surface area contributed by atoms with Crippen LogP contribution in [0.3, 0.4) is 0 Å². The van der Waals surface area contributed by atoms with Gasteiger partial charge in [0.15, 0.2) is 0 Å². The summed E-state index contributed by atoms with van der Waals surface area (Å²) in [6, 6.07) is 4.63. The predicted molar refractivity (Wildman–Crippen MR) is 98.1 cm³/mol. The van der Waals surface area contributed by atoms with E-state index < -0.39 is 0 Å². The van der Waals surface area contributed by atoms with E-state index in [1.807, 2.05) is 0 Å². The van der Waals surface area contributed by atoms with Crippen molar-refractivity contribution in [2.24, 2.45) is 5.92 Å². The lowest BCUT2D eigenvalue weighted by molar-refractivity contribution is -0.0190. The molecule has 1 saturated carbocycles. The molecule has 2 bridgehead atoms. The molecule has 132 valence electrons. The molecule has 1 aromatic carbocycles. The number of ether oxygens (including phenoxy) is 2. The third-order valence-corrected chi connectivity index (χ3v) is 6.58. The molecule has 0 aromatic heterocycles. The predicted octanol–water partition coefficient (Wildman–Crippen LogP) is 6.02. The van der Waals surface area contributed by atoms with Gasteiger partial charge in [0, 0.05) is 17.4 Å². The van der Waals surface area contributed by atoms with E-state index in [1.54, 1.807) is 0 Å². The molecule has 1 fully saturated rings. The Balaban J connectivity index is 1.78. The van der Waals surface area contributed by atoms with Gasteiger partial charge < -0.3 is 9.47 Å². The summed E-state index contributed by atoms with van der Waals surface area (Å²) >= 11 is 0. The maximum Gasteiger partial charge on any atom is 0.127 e. The monoisotopic (exact) mass is 328 g/mol. The summed E-state index contributed by atoms with van der Waals surface area (Å²) in [5.41, 5.74) is 2.70. The maximum atomic E-state index is 6.57. The Labute approximate surface area is 146 Å². The van der Waals surface area contributed by atoms with Gasteiger partial charge in [0.2, 0.25) is 0 Å². The molecule has 24 heavy (non-hydrogen) atoms. The molecule has 2 heteroatoms. The molecule has 0 radical (unpaired) electrons. The van der Waals surface area contributed by atoms with Crippen LogP contribution in [0.1, 0.15) is 89.7 Å². The van der Waals surface area contributed by atoms with Crippen molar-refractivity contribution < 1.29 is 9.47 Å². The van der Waals surface area contributed by atoms with Crippen LogP contribution in [0.15, 0.2) is 12.1 Å². The van der Waals surface area contributed by atoms with Crippen molar-refractivity contribution in [2.75, 3.05) is 0 Å². The molecule has 0 amide bonds. The first-order valence-corrected chi connectivity index (χ1v) is 9.97. The summed E-state index contributed by atoms with van der Waals surface area (Å²) in [4.78, 5) is 0. The minimum Gasteiger partial charge on any atom is -0.487 e. The summed E-state index contributed by atoms with van der Waals surface area (Å²) < 4.78 is 13.1. The number of unbranched alkanes of at least 4 members (excludes halogenated alkanes) is 2. The van der Waals surface area contributed by atoms with Crippen molar-refractivity contribution in [3.8, 4) is 11.5 Å². The zero-order valence-corrected chi connectivity index (χ0v) is 15.8. The van der Waals surface area contributed by atoms with Crippen LogP contribution >= 0.6 is 0 Å². The molecule has 2 heterocycles. The summed E-state index contributed by atoms with van der Waals surface area (Å²) in [6.45, 7) is 9.17. The lowest BCUT2D eigenvalue weighted by Gasteiger charge is -2.49. The second-order valence-corrected chi connectivity index (χ2v) is 9.03. The van der Waals surface area contributed by atoms with Gasteiger partial charge in [-0.3, -0.25) is 0 Å². The molecule has 2 aliphatic heterocycles. The maximum absolute atomic E-state index is 6.57. The normalized spacial score (nSPS) is 32.5. The standard InChI is InChI=1S/C22H32O2/c1-5-6-7-9-15-12-18-20-16-14-22(4,24-19(20)13-15)11-8-10-17(16)21(2,3)23-18/h12-13,16-17H,5-11,14H2,1-4H3. The quantitative estimate of drug-likeness (QED) is 0.630. The molecule has 1 aliphatic carbocycles. The van der Waals surface area contributed by atoms with Crippen LogP contribution in [0.5, 0.6) is 11.5 Å². The second-order valence-electron chi connectivity index (χ2n) is 9.03. The van der Waals surface area contributed by atoms with Gasteiger partial charge in [-0.2, -0.15) is 0 Å². The minimum atomic E-state index is -0.0699. The highest BCUT2D eigenvalue weighted by molar-refractivity contribution is 5.54. The molecule has 2 nitrogen and oxygen atoms in total. The van der Waals surface area contributed by atoms with Gasteiger partial charge in [0.25, 0.3) is 0 Å². The molecule has 1 aromatic rings. The van der Waals surface area contributed by atoms with E-state index in [2.05, 4.69) is 39.8 Å². The number of benzene rings is 1. The number of hydrogen-bond donors (Lipinski definition) is 0. The Hall–Kier alpha value is -1.18. The van der Waals surface area contributed by atoms with Crippen molar-refractivity contribution in [3.05, 3.63) is 23.3 Å². The molecule has 3 unspecified atom stereocenters. The highest BCUT2D eigenvalue weighted by Gasteiger charge is 2.52. The Bertz CT molecular complexity index is 633. The average molecular weight is 328 g/mol. The first-order chi connectivity index (χ1) is 11.4. The Morgan fingerprint density at radius 3 is 2.58 bits per heavy atom. The van der Waals surface area contributed by atoms with E-state index >= 15 is 0 Å². The zero-order valence-electron chi connectivity index (χ0n) is 15.8. The lowest BCUT2D eigenvalue weighted by atomic mass is 9.69. The lowest BCUT2D eigenvalue weighted by Crippen LogP contribution is -2.47. The van der Waals surface area contributed by atoms with Gasteiger partial charge in [-0.25, -0.2) is 0 Å². The third kappa shape index (κ3) is 2.62. The van der Waals surface area contributed by atoms with E-state index in [-0.39, 0.29) is 11.2 Å². The largest absolute Gasteiger partial charge is 0.487 e. The summed E-state index contributed by atoms with van der Waals surface area (Å²) in [5, 5.41) is 0. The van der Waals surface area contributed by atoms with Gasteiger partial charge in [0.05, 0.1) is 0 Å². The van der Waals surface area contributed by atoms with Crippen LogP contribution in [0.4, 0.5) is 0 Å². The van der Waals surface area contributed by atoms with Gasteiger partial charge >= 0.3 is 0 Å². The van der Waals surface area contributed by atoms with Crippen molar-refractivity contribution in [1.82, 2.24) is 0 Å². The van der Waals surface area contributed by atoms with Crippen LogP contribution in [-0.2, 0) is 6.42 Å². The highest BCUT2D eigenvalue weighted by atomic mass is 16.5. The van der Waals surface area contributed by atoms with E-state index in [4.69, 9.17) is 9.47 Å². The minimum absolute atomic E-state index is 0.0130. The molecule has 3 aliphatic rings. The molecular formula is C22H32O2. The number of aryl methyl sites for hydroxylation is 1. The fourth-order valence-corrected chi connectivity index (χ4v) is 5.37. The fourth-order valence-electron chi connectivity index (χ4n) is 5.37. The molecule has 3 atom stereocenters. The van der Waals surface area contributed by atoms with E-state index in [0.29, 0.717) is 11.8 Å². The SMILES string of the molecule is CCCCCc1cc2c3c(c1)OC(C)(C)C1CCCC(C)(CC31)O2. The van der Waals surface area contributed by atoms with Gasteiger partial charge in [0.1, 0.15) is 22.7 Å². The van der Waals surface area contributed by atoms with Gasteiger partial charge in [-0.15, -0.1) is 0 Å². The summed E-state index contributed by atoms with van der Waals surface area (Å²) in [5.74, 6) is 3.44. The van der Waals surface area contributed by atoms with Crippen molar-refractivity contribution in [2.45, 2.75) is 96.2 Å². The third-order valence-electron chi connectivity index (χ3n) is 6.58. The van der Waals surface area contributed by atoms with E-state index in [9.17, 15) is 0 Å². The topological polar surface area (TPSA) is 18.5 Å². The van der Waals surface area contributed by atoms with Gasteiger partial charge in [-0.1, -0.05) is 19.8 Å². The first kappa shape index (κ1) is 16.3. The number of rotatable bonds is 4. The zero-order chi connectivity index (χ0) is 16.9. The fraction of sp³-hybridized carbons (Fsp3) is 0.727. The Morgan fingerprint density at radius 2 is 1.83 bits per heavy atom. The van der Waals surface area contributed by atoms with Crippen molar-refractivity contribution in [1.29, 1.82) is 0 Å². The van der Waals surface area contributed by atoms with Crippen LogP contribution in [0.25, 0.3) is 0 Å². The molecule has 0 spiro atoms. The van der Waals surface area contributed by atoms with Crippen LogP contribution in [0, 0.1) is 5.92 Å². The smallest absolute Gasteiger partial charge is 0.127 e. The Kier molecular flexibility index (Phi) is 3.85. The van der Waals surface area contributed by atoms with Crippen molar-refractivity contribution >= 4 is 0 Å². The molecular weight excluding hydrogens is 296 g/mol. The molecule has 0 N–H and O–H groups in total. The van der Waals surface area contributed by atoms with E-state index in [1.165, 1.54) is 49.7 Å². The van der Waals surface area contributed by atoms with E-state index in [0.717, 1.165) is 24.3 Å². The second kappa shape index (κ2) is 5.68. The first-order valence-electron chi connectivity index (χ1n) is 9.97. The number of fused-ring (bicyclic) bond motifs is 1. The van der Waals surface area contributed by atoms with Gasteiger partial charge in [-0.05, 0) is 77.0 Å². The Morgan fingerprint density at radius 1 is 1.08 bits per heavy atom. The van der Waals surface area contributed by atoms with Crippen LogP contribution < -0.4 is 9.47 Å². The summed E-state index contributed by atoms with van der Waals surface area (Å²) in [6.07, 6.45) is 9.77.